The molecular formula is C11H11Cl2NO3. The minimum Gasteiger partial charge on any atom is -0.468 e. The summed E-state index contributed by atoms with van der Waals surface area (Å²) in [5.74, 6) is -0.853. The molecule has 1 rings (SSSR count). The van der Waals surface area contributed by atoms with Crippen LogP contribution in [0, 0.1) is 0 Å². The summed E-state index contributed by atoms with van der Waals surface area (Å²) in [4.78, 5) is 22.3. The van der Waals surface area contributed by atoms with Gasteiger partial charge < -0.3 is 10.1 Å². The Kier molecular flexibility index (Phi) is 5.25. The van der Waals surface area contributed by atoms with Gasteiger partial charge in [-0.2, -0.15) is 0 Å². The van der Waals surface area contributed by atoms with Crippen LogP contribution in [0.25, 0.3) is 0 Å². The molecule has 0 aliphatic heterocycles. The third kappa shape index (κ3) is 4.24. The molecule has 1 amide bonds. The van der Waals surface area contributed by atoms with E-state index < -0.39 is 5.97 Å². The van der Waals surface area contributed by atoms with Gasteiger partial charge >= 0.3 is 5.97 Å². The van der Waals surface area contributed by atoms with E-state index in [1.807, 2.05) is 0 Å². The van der Waals surface area contributed by atoms with Gasteiger partial charge in [0.25, 0.3) is 0 Å². The molecule has 0 fully saturated rings. The van der Waals surface area contributed by atoms with E-state index in [-0.39, 0.29) is 18.9 Å². The standard InChI is InChI=1S/C11H11Cl2NO3/c1-17-11(16)6-14-10(15)5-7-8(12)3-2-4-9(7)13/h2-4H,5-6H2,1H3,(H,14,15). The van der Waals surface area contributed by atoms with E-state index in [1.165, 1.54) is 7.11 Å². The van der Waals surface area contributed by atoms with Gasteiger partial charge in [-0.15, -0.1) is 0 Å². The average molecular weight is 276 g/mol. The number of methoxy groups -OCH3 is 1. The summed E-state index contributed by atoms with van der Waals surface area (Å²) in [7, 11) is 1.25. The predicted molar refractivity (Wildman–Crippen MR) is 65.2 cm³/mol. The molecule has 17 heavy (non-hydrogen) atoms. The molecule has 0 aromatic heterocycles. The molecule has 0 heterocycles. The van der Waals surface area contributed by atoms with Crippen LogP contribution in [0.15, 0.2) is 18.2 Å². The van der Waals surface area contributed by atoms with Crippen molar-refractivity contribution in [1.29, 1.82) is 0 Å². The Balaban J connectivity index is 2.59. The van der Waals surface area contributed by atoms with Crippen molar-refractivity contribution in [1.82, 2.24) is 5.32 Å². The zero-order valence-corrected chi connectivity index (χ0v) is 10.6. The normalized spacial score (nSPS) is 9.82. The van der Waals surface area contributed by atoms with Crippen molar-refractivity contribution in [2.75, 3.05) is 13.7 Å². The molecule has 0 atom stereocenters. The summed E-state index contributed by atoms with van der Waals surface area (Å²) in [6.45, 7) is -0.169. The molecule has 0 unspecified atom stereocenters. The van der Waals surface area contributed by atoms with Crippen LogP contribution in [0.3, 0.4) is 0 Å². The Hall–Kier alpha value is -1.26. The third-order valence-corrected chi connectivity index (χ3v) is 2.76. The first-order valence-corrected chi connectivity index (χ1v) is 5.56. The van der Waals surface area contributed by atoms with E-state index in [0.29, 0.717) is 15.6 Å². The second-order valence-electron chi connectivity index (χ2n) is 3.23. The molecule has 0 saturated carbocycles. The number of rotatable bonds is 4. The summed E-state index contributed by atoms with van der Waals surface area (Å²) >= 11 is 11.8. The molecular weight excluding hydrogens is 265 g/mol. The first-order valence-electron chi connectivity index (χ1n) is 4.81. The smallest absolute Gasteiger partial charge is 0.325 e. The lowest BCUT2D eigenvalue weighted by molar-refractivity contribution is -0.141. The monoisotopic (exact) mass is 275 g/mol. The maximum absolute atomic E-state index is 11.5. The fourth-order valence-electron chi connectivity index (χ4n) is 1.17. The summed E-state index contributed by atoms with van der Waals surface area (Å²) < 4.78 is 4.39. The van der Waals surface area contributed by atoms with E-state index in [1.54, 1.807) is 18.2 Å². The first-order chi connectivity index (χ1) is 8.04. The molecule has 0 bridgehead atoms. The molecule has 0 aliphatic rings. The molecule has 0 radical (unpaired) electrons. The quantitative estimate of drug-likeness (QED) is 0.853. The fourth-order valence-corrected chi connectivity index (χ4v) is 1.70. The molecule has 6 heteroatoms. The number of hydrogen-bond donors (Lipinski definition) is 1. The van der Waals surface area contributed by atoms with Crippen molar-refractivity contribution in [3.63, 3.8) is 0 Å². The zero-order valence-electron chi connectivity index (χ0n) is 9.13. The van der Waals surface area contributed by atoms with Gasteiger partial charge in [-0.25, -0.2) is 0 Å². The lowest BCUT2D eigenvalue weighted by Gasteiger charge is -2.07. The second-order valence-corrected chi connectivity index (χ2v) is 4.04. The van der Waals surface area contributed by atoms with Crippen molar-refractivity contribution >= 4 is 35.1 Å². The topological polar surface area (TPSA) is 55.4 Å². The molecule has 4 nitrogen and oxygen atoms in total. The second kappa shape index (κ2) is 6.47. The van der Waals surface area contributed by atoms with E-state index in [2.05, 4.69) is 10.1 Å². The number of hydrogen-bond acceptors (Lipinski definition) is 3. The van der Waals surface area contributed by atoms with Crippen LogP contribution in [-0.4, -0.2) is 25.5 Å². The van der Waals surface area contributed by atoms with Crippen LogP contribution in [-0.2, 0) is 20.7 Å². The highest BCUT2D eigenvalue weighted by molar-refractivity contribution is 6.36. The zero-order chi connectivity index (χ0) is 12.8. The highest BCUT2D eigenvalue weighted by Crippen LogP contribution is 2.24. The Morgan fingerprint density at radius 3 is 2.41 bits per heavy atom. The Labute approximate surface area is 109 Å². The van der Waals surface area contributed by atoms with Crippen molar-refractivity contribution in [2.24, 2.45) is 0 Å². The molecule has 0 aliphatic carbocycles. The van der Waals surface area contributed by atoms with Gasteiger partial charge in [0, 0.05) is 10.0 Å². The molecule has 92 valence electrons. The average Bonchev–Trinajstić information content (AvgIpc) is 2.31. The first kappa shape index (κ1) is 13.8. The van der Waals surface area contributed by atoms with E-state index in [9.17, 15) is 9.59 Å². The van der Waals surface area contributed by atoms with Crippen molar-refractivity contribution < 1.29 is 14.3 Å². The van der Waals surface area contributed by atoms with E-state index in [4.69, 9.17) is 23.2 Å². The van der Waals surface area contributed by atoms with Gasteiger partial charge in [-0.3, -0.25) is 9.59 Å². The van der Waals surface area contributed by atoms with E-state index >= 15 is 0 Å². The molecule has 1 N–H and O–H groups in total. The number of carbonyl (C=O) groups is 2. The maximum atomic E-state index is 11.5. The number of ether oxygens (including phenoxy) is 1. The van der Waals surface area contributed by atoms with Crippen LogP contribution in [0.1, 0.15) is 5.56 Å². The molecule has 0 spiro atoms. The van der Waals surface area contributed by atoms with Gasteiger partial charge in [0.1, 0.15) is 6.54 Å². The maximum Gasteiger partial charge on any atom is 0.325 e. The van der Waals surface area contributed by atoms with Crippen molar-refractivity contribution in [2.45, 2.75) is 6.42 Å². The highest BCUT2D eigenvalue weighted by Gasteiger charge is 2.11. The predicted octanol–water partition coefficient (Wildman–Crippen LogP) is 1.83. The van der Waals surface area contributed by atoms with Crippen LogP contribution in [0.2, 0.25) is 10.0 Å². The summed E-state index contributed by atoms with van der Waals surface area (Å²) in [5, 5.41) is 3.25. The summed E-state index contributed by atoms with van der Waals surface area (Å²) in [6.07, 6.45) is 0.0233. The summed E-state index contributed by atoms with van der Waals surface area (Å²) in [5.41, 5.74) is 0.540. The van der Waals surface area contributed by atoms with Gasteiger partial charge in [0.2, 0.25) is 5.91 Å². The van der Waals surface area contributed by atoms with Gasteiger partial charge in [-0.05, 0) is 17.7 Å². The lowest BCUT2D eigenvalue weighted by atomic mass is 10.1. The SMILES string of the molecule is COC(=O)CNC(=O)Cc1c(Cl)cccc1Cl. The molecule has 1 aromatic carbocycles. The van der Waals surface area contributed by atoms with Gasteiger partial charge in [-0.1, -0.05) is 29.3 Å². The van der Waals surface area contributed by atoms with Crippen molar-refractivity contribution in [3.8, 4) is 0 Å². The number of halogens is 2. The van der Waals surface area contributed by atoms with Gasteiger partial charge in [0.15, 0.2) is 0 Å². The van der Waals surface area contributed by atoms with Crippen LogP contribution < -0.4 is 5.32 Å². The number of esters is 1. The Morgan fingerprint density at radius 2 is 1.88 bits per heavy atom. The van der Waals surface area contributed by atoms with Crippen LogP contribution in [0.5, 0.6) is 0 Å². The molecule has 0 saturated heterocycles. The lowest BCUT2D eigenvalue weighted by Crippen LogP contribution is -2.31. The van der Waals surface area contributed by atoms with Gasteiger partial charge in [0.05, 0.1) is 13.5 Å². The number of nitrogens with one attached hydrogen (secondary N) is 1. The van der Waals surface area contributed by atoms with Crippen molar-refractivity contribution in [3.05, 3.63) is 33.8 Å². The summed E-state index contributed by atoms with van der Waals surface area (Å²) in [6, 6.07) is 4.99. The highest BCUT2D eigenvalue weighted by atomic mass is 35.5. The van der Waals surface area contributed by atoms with E-state index in [0.717, 1.165) is 0 Å². The minimum absolute atomic E-state index is 0.0233. The minimum atomic E-state index is -0.511. The number of benzene rings is 1. The fraction of sp³-hybridized carbons (Fsp3) is 0.273. The van der Waals surface area contributed by atoms with Crippen LogP contribution in [0.4, 0.5) is 0 Å². The number of amides is 1. The Bertz CT molecular complexity index is 414. The molecule has 1 aromatic rings. The largest absolute Gasteiger partial charge is 0.468 e. The van der Waals surface area contributed by atoms with Crippen LogP contribution >= 0.6 is 23.2 Å². The third-order valence-electron chi connectivity index (χ3n) is 2.06. The number of carbonyl (C=O) groups excluding carboxylic acids is 2. The Morgan fingerprint density at radius 1 is 1.29 bits per heavy atom.